The van der Waals surface area contributed by atoms with Crippen molar-refractivity contribution in [2.24, 2.45) is 0 Å². The third kappa shape index (κ3) is 1.92. The molecule has 0 atom stereocenters. The minimum absolute atomic E-state index is 0.237. The van der Waals surface area contributed by atoms with Crippen molar-refractivity contribution in [1.82, 2.24) is 9.97 Å². The molecule has 86 valence electrons. The second-order valence-electron chi connectivity index (χ2n) is 3.40. The molecule has 0 radical (unpaired) electrons. The fourth-order valence-corrected chi connectivity index (χ4v) is 1.44. The molecule has 0 spiro atoms. The van der Waals surface area contributed by atoms with Crippen LogP contribution < -0.4 is 19.9 Å². The van der Waals surface area contributed by atoms with Crippen molar-refractivity contribution in [3.63, 3.8) is 0 Å². The normalized spacial score (nSPS) is 12.5. The van der Waals surface area contributed by atoms with Crippen molar-refractivity contribution in [1.29, 1.82) is 0 Å². The van der Waals surface area contributed by atoms with Gasteiger partial charge in [-0.3, -0.25) is 0 Å². The summed E-state index contributed by atoms with van der Waals surface area (Å²) in [5, 5.41) is 0. The van der Waals surface area contributed by atoms with Gasteiger partial charge in [-0.25, -0.2) is 9.97 Å². The molecule has 17 heavy (non-hydrogen) atoms. The minimum atomic E-state index is 0.237. The smallest absolute Gasteiger partial charge is 0.237 e. The molecule has 0 fully saturated rings. The Labute approximate surface area is 97.0 Å². The summed E-state index contributed by atoms with van der Waals surface area (Å²) in [5.74, 6) is 2.70. The highest BCUT2D eigenvalue weighted by Gasteiger charge is 2.14. The number of anilines is 1. The summed E-state index contributed by atoms with van der Waals surface area (Å²) in [4.78, 5) is 7.87. The number of hydrogen-bond acceptors (Lipinski definition) is 6. The van der Waals surface area contributed by atoms with Crippen LogP contribution in [0.4, 0.5) is 5.82 Å². The molecule has 0 aliphatic carbocycles. The van der Waals surface area contributed by atoms with Gasteiger partial charge in [0.05, 0.1) is 12.4 Å². The van der Waals surface area contributed by atoms with Crippen molar-refractivity contribution in [2.45, 2.75) is 0 Å². The van der Waals surface area contributed by atoms with Gasteiger partial charge in [-0.1, -0.05) is 0 Å². The summed E-state index contributed by atoms with van der Waals surface area (Å²) in [6, 6.07) is 5.29. The van der Waals surface area contributed by atoms with Crippen molar-refractivity contribution < 1.29 is 14.2 Å². The third-order valence-corrected chi connectivity index (χ3v) is 2.21. The molecule has 2 N–H and O–H groups in total. The van der Waals surface area contributed by atoms with Crippen LogP contribution in [0.5, 0.6) is 23.1 Å². The molecule has 1 aromatic carbocycles. The molecule has 1 aromatic heterocycles. The minimum Gasteiger partial charge on any atom is -0.454 e. The average Bonchev–Trinajstić information content (AvgIpc) is 2.79. The van der Waals surface area contributed by atoms with Gasteiger partial charge in [0.2, 0.25) is 12.7 Å². The van der Waals surface area contributed by atoms with Gasteiger partial charge in [-0.2, -0.15) is 0 Å². The molecule has 0 saturated heterocycles. The van der Waals surface area contributed by atoms with Gasteiger partial charge in [-0.15, -0.1) is 0 Å². The molecule has 6 nitrogen and oxygen atoms in total. The Morgan fingerprint density at radius 2 is 2.00 bits per heavy atom. The van der Waals surface area contributed by atoms with Gasteiger partial charge in [0, 0.05) is 6.07 Å². The first-order chi connectivity index (χ1) is 8.31. The summed E-state index contributed by atoms with van der Waals surface area (Å²) in [6.07, 6.45) is 2.89. The second kappa shape index (κ2) is 3.82. The van der Waals surface area contributed by atoms with E-state index >= 15 is 0 Å². The molecule has 1 aliphatic rings. The van der Waals surface area contributed by atoms with Crippen LogP contribution in [0.2, 0.25) is 0 Å². The van der Waals surface area contributed by atoms with E-state index < -0.39 is 0 Å². The third-order valence-electron chi connectivity index (χ3n) is 2.21. The van der Waals surface area contributed by atoms with Crippen LogP contribution >= 0.6 is 0 Å². The van der Waals surface area contributed by atoms with Crippen LogP contribution in [0.3, 0.4) is 0 Å². The van der Waals surface area contributed by atoms with E-state index in [0.29, 0.717) is 28.9 Å². The number of ether oxygens (including phenoxy) is 3. The molecular weight excluding hydrogens is 222 g/mol. The molecule has 6 heteroatoms. The van der Waals surface area contributed by atoms with E-state index in [2.05, 4.69) is 9.97 Å². The summed E-state index contributed by atoms with van der Waals surface area (Å²) in [5.41, 5.74) is 5.43. The Morgan fingerprint density at radius 3 is 2.82 bits per heavy atom. The van der Waals surface area contributed by atoms with E-state index in [4.69, 9.17) is 19.9 Å². The van der Waals surface area contributed by atoms with Crippen molar-refractivity contribution in [2.75, 3.05) is 12.5 Å². The van der Waals surface area contributed by atoms with E-state index in [1.54, 1.807) is 18.2 Å². The van der Waals surface area contributed by atoms with Crippen LogP contribution in [0.15, 0.2) is 30.6 Å². The maximum Gasteiger partial charge on any atom is 0.237 e. The molecule has 2 aromatic rings. The van der Waals surface area contributed by atoms with Gasteiger partial charge < -0.3 is 19.9 Å². The van der Waals surface area contributed by atoms with Gasteiger partial charge in [0.15, 0.2) is 11.5 Å². The first kappa shape index (κ1) is 9.71. The van der Waals surface area contributed by atoms with E-state index in [1.165, 1.54) is 12.4 Å². The van der Waals surface area contributed by atoms with Crippen molar-refractivity contribution >= 4 is 5.82 Å². The van der Waals surface area contributed by atoms with E-state index in [9.17, 15) is 0 Å². The lowest BCUT2D eigenvalue weighted by Crippen LogP contribution is -1.93. The Balaban J connectivity index is 1.83. The first-order valence-electron chi connectivity index (χ1n) is 4.96. The first-order valence-corrected chi connectivity index (χ1v) is 4.96. The van der Waals surface area contributed by atoms with E-state index in [0.717, 1.165) is 0 Å². The van der Waals surface area contributed by atoms with E-state index in [-0.39, 0.29) is 6.79 Å². The lowest BCUT2D eigenvalue weighted by atomic mass is 10.3. The molecule has 1 aliphatic heterocycles. The number of rotatable bonds is 2. The quantitative estimate of drug-likeness (QED) is 0.845. The molecule has 0 amide bonds. The molecule has 0 bridgehead atoms. The largest absolute Gasteiger partial charge is 0.454 e. The van der Waals surface area contributed by atoms with E-state index in [1.807, 2.05) is 0 Å². The van der Waals surface area contributed by atoms with Crippen LogP contribution in [-0.4, -0.2) is 16.8 Å². The van der Waals surface area contributed by atoms with Gasteiger partial charge in [0.25, 0.3) is 0 Å². The highest BCUT2D eigenvalue weighted by Crippen LogP contribution is 2.36. The summed E-state index contributed by atoms with van der Waals surface area (Å²) < 4.78 is 15.9. The Hall–Kier alpha value is -2.50. The molecule has 0 saturated carbocycles. The number of aromatic nitrogens is 2. The molecule has 3 rings (SSSR count). The fourth-order valence-electron chi connectivity index (χ4n) is 1.44. The summed E-state index contributed by atoms with van der Waals surface area (Å²) in [7, 11) is 0. The Bertz CT molecular complexity index is 542. The molecule has 2 heterocycles. The monoisotopic (exact) mass is 231 g/mol. The molecular formula is C11H9N3O3. The van der Waals surface area contributed by atoms with Gasteiger partial charge in [0.1, 0.15) is 11.6 Å². The average molecular weight is 231 g/mol. The predicted octanol–water partition coefficient (Wildman–Crippen LogP) is 1.58. The van der Waals surface area contributed by atoms with Crippen LogP contribution in [0.25, 0.3) is 0 Å². The summed E-state index contributed by atoms with van der Waals surface area (Å²) >= 11 is 0. The number of nitrogen functional groups attached to an aromatic ring is 1. The number of fused-ring (bicyclic) bond motifs is 1. The zero-order valence-electron chi connectivity index (χ0n) is 8.79. The topological polar surface area (TPSA) is 79.5 Å². The maximum atomic E-state index is 5.49. The molecule has 0 unspecified atom stereocenters. The zero-order chi connectivity index (χ0) is 11.7. The maximum absolute atomic E-state index is 5.49. The Morgan fingerprint density at radius 1 is 1.12 bits per heavy atom. The van der Waals surface area contributed by atoms with Gasteiger partial charge >= 0.3 is 0 Å². The number of nitrogens with zero attached hydrogens (tertiary/aromatic N) is 2. The lowest BCUT2D eigenvalue weighted by Gasteiger charge is -2.04. The van der Waals surface area contributed by atoms with Crippen LogP contribution in [-0.2, 0) is 0 Å². The predicted molar refractivity (Wildman–Crippen MR) is 59.1 cm³/mol. The second-order valence-corrected chi connectivity index (χ2v) is 3.40. The number of nitrogens with two attached hydrogens (primary N) is 1. The Kier molecular flexibility index (Phi) is 2.18. The van der Waals surface area contributed by atoms with Crippen LogP contribution in [0, 0.1) is 0 Å². The zero-order valence-corrected chi connectivity index (χ0v) is 8.79. The van der Waals surface area contributed by atoms with Gasteiger partial charge in [-0.05, 0) is 12.1 Å². The lowest BCUT2D eigenvalue weighted by molar-refractivity contribution is 0.174. The fraction of sp³-hybridized carbons (Fsp3) is 0.0909. The van der Waals surface area contributed by atoms with Crippen molar-refractivity contribution in [3.8, 4) is 23.1 Å². The highest BCUT2D eigenvalue weighted by molar-refractivity contribution is 5.47. The van der Waals surface area contributed by atoms with Crippen LogP contribution in [0.1, 0.15) is 0 Å². The number of hydrogen-bond donors (Lipinski definition) is 1. The summed E-state index contributed by atoms with van der Waals surface area (Å²) in [6.45, 7) is 0.237. The number of benzene rings is 1. The SMILES string of the molecule is Nc1cnc(Oc2ccc3c(c2)OCO3)cn1. The standard InChI is InChI=1S/C11H9N3O3/c12-10-4-14-11(5-13-10)17-7-1-2-8-9(3-7)16-6-15-8/h1-5H,6H2,(H2,12,13). The highest BCUT2D eigenvalue weighted by atomic mass is 16.7. The van der Waals surface area contributed by atoms with Crippen molar-refractivity contribution in [3.05, 3.63) is 30.6 Å².